The minimum atomic E-state index is -0.538. The third-order valence-corrected chi connectivity index (χ3v) is 3.19. The number of aryl methyl sites for hydroxylation is 1. The average Bonchev–Trinajstić information content (AvgIpc) is 2.68. The fourth-order valence-electron chi connectivity index (χ4n) is 2.25. The number of benzene rings is 1. The van der Waals surface area contributed by atoms with Gasteiger partial charge in [0.25, 0.3) is 0 Å². The highest BCUT2D eigenvalue weighted by Gasteiger charge is 2.32. The second-order valence-corrected chi connectivity index (χ2v) is 6.39. The molecule has 1 heterocycles. The molecule has 0 bridgehead atoms. The normalized spacial score (nSPS) is 18.8. The highest BCUT2D eigenvalue weighted by atomic mass is 16.6. The first-order valence-corrected chi connectivity index (χ1v) is 7.11. The summed E-state index contributed by atoms with van der Waals surface area (Å²) in [6.07, 6.45) is -0.182. The Kier molecular flexibility index (Phi) is 4.21. The Labute approximate surface area is 125 Å². The van der Waals surface area contributed by atoms with Gasteiger partial charge in [-0.3, -0.25) is 4.79 Å². The van der Waals surface area contributed by atoms with Gasteiger partial charge in [-0.25, -0.2) is 4.79 Å². The highest BCUT2D eigenvalue weighted by molar-refractivity contribution is 5.96. The molecule has 0 spiro atoms. The van der Waals surface area contributed by atoms with E-state index in [9.17, 15) is 9.59 Å². The lowest BCUT2D eigenvalue weighted by Gasteiger charge is -2.22. The first kappa shape index (κ1) is 15.4. The summed E-state index contributed by atoms with van der Waals surface area (Å²) in [7, 11) is 0. The molecule has 5 heteroatoms. The van der Waals surface area contributed by atoms with Gasteiger partial charge in [0.15, 0.2) is 0 Å². The summed E-state index contributed by atoms with van der Waals surface area (Å²) >= 11 is 0. The Bertz CT molecular complexity index is 531. The van der Waals surface area contributed by atoms with Gasteiger partial charge in [-0.15, -0.1) is 0 Å². The molecule has 1 unspecified atom stereocenters. The highest BCUT2D eigenvalue weighted by Crippen LogP contribution is 2.22. The van der Waals surface area contributed by atoms with Crippen LogP contribution in [-0.2, 0) is 9.53 Å². The quantitative estimate of drug-likeness (QED) is 0.911. The average molecular weight is 290 g/mol. The van der Waals surface area contributed by atoms with E-state index in [2.05, 4.69) is 5.32 Å². The van der Waals surface area contributed by atoms with Gasteiger partial charge >= 0.3 is 6.09 Å². The van der Waals surface area contributed by atoms with Gasteiger partial charge < -0.3 is 15.0 Å². The van der Waals surface area contributed by atoms with Crippen molar-refractivity contribution in [1.82, 2.24) is 5.32 Å². The number of hydrogen-bond acceptors (Lipinski definition) is 3. The van der Waals surface area contributed by atoms with Gasteiger partial charge in [-0.05, 0) is 39.8 Å². The van der Waals surface area contributed by atoms with Gasteiger partial charge in [0.1, 0.15) is 5.60 Å². The predicted octanol–water partition coefficient (Wildman–Crippen LogP) is 2.63. The predicted molar refractivity (Wildman–Crippen MR) is 81.3 cm³/mol. The monoisotopic (exact) mass is 290 g/mol. The maximum Gasteiger partial charge on any atom is 0.407 e. The largest absolute Gasteiger partial charge is 0.444 e. The van der Waals surface area contributed by atoms with Crippen LogP contribution in [0.2, 0.25) is 0 Å². The number of anilines is 1. The number of ether oxygens (including phenoxy) is 1. The van der Waals surface area contributed by atoms with Crippen molar-refractivity contribution in [2.75, 3.05) is 11.4 Å². The number of carbonyl (C=O) groups excluding carboxylic acids is 2. The fourth-order valence-corrected chi connectivity index (χ4v) is 2.25. The van der Waals surface area contributed by atoms with Crippen molar-refractivity contribution in [3.8, 4) is 0 Å². The zero-order valence-electron chi connectivity index (χ0n) is 13.0. The molecule has 1 aromatic carbocycles. The van der Waals surface area contributed by atoms with Crippen LogP contribution in [0.4, 0.5) is 10.5 Å². The maximum absolute atomic E-state index is 12.1. The van der Waals surface area contributed by atoms with Crippen molar-refractivity contribution in [2.45, 2.75) is 45.8 Å². The summed E-state index contributed by atoms with van der Waals surface area (Å²) in [6, 6.07) is 7.56. The van der Waals surface area contributed by atoms with Crippen molar-refractivity contribution < 1.29 is 14.3 Å². The fraction of sp³-hybridized carbons (Fsp3) is 0.500. The Morgan fingerprint density at radius 1 is 1.29 bits per heavy atom. The molecule has 1 aliphatic heterocycles. The lowest BCUT2D eigenvalue weighted by atomic mass is 10.2. The van der Waals surface area contributed by atoms with Crippen LogP contribution in [0.5, 0.6) is 0 Å². The standard InChI is InChI=1S/C16H22N2O3/c1-11-5-7-13(8-6-11)18-10-12(9-14(18)19)17-15(20)21-16(2,3)4/h5-8,12H,9-10H2,1-4H3,(H,17,20). The van der Waals surface area contributed by atoms with Crippen LogP contribution < -0.4 is 10.2 Å². The maximum atomic E-state index is 12.1. The summed E-state index contributed by atoms with van der Waals surface area (Å²) in [5.41, 5.74) is 1.47. The Hall–Kier alpha value is -2.04. The zero-order chi connectivity index (χ0) is 15.6. The summed E-state index contributed by atoms with van der Waals surface area (Å²) < 4.78 is 5.21. The molecule has 2 amide bonds. The van der Waals surface area contributed by atoms with Crippen molar-refractivity contribution in [2.24, 2.45) is 0 Å². The molecule has 0 aliphatic carbocycles. The molecule has 0 aromatic heterocycles. The van der Waals surface area contributed by atoms with E-state index in [-0.39, 0.29) is 11.9 Å². The van der Waals surface area contributed by atoms with E-state index < -0.39 is 11.7 Å². The van der Waals surface area contributed by atoms with Crippen LogP contribution in [0.15, 0.2) is 24.3 Å². The van der Waals surface area contributed by atoms with Crippen LogP contribution in [-0.4, -0.2) is 30.2 Å². The van der Waals surface area contributed by atoms with Gasteiger partial charge in [0.05, 0.1) is 6.04 Å². The van der Waals surface area contributed by atoms with E-state index in [1.165, 1.54) is 0 Å². The number of nitrogens with zero attached hydrogens (tertiary/aromatic N) is 1. The molecule has 1 fully saturated rings. The minimum Gasteiger partial charge on any atom is -0.444 e. The van der Waals surface area contributed by atoms with Crippen molar-refractivity contribution in [3.05, 3.63) is 29.8 Å². The Balaban J connectivity index is 1.96. The second kappa shape index (κ2) is 5.76. The van der Waals surface area contributed by atoms with Crippen molar-refractivity contribution in [1.29, 1.82) is 0 Å². The third-order valence-electron chi connectivity index (χ3n) is 3.19. The molecule has 5 nitrogen and oxygen atoms in total. The molecule has 0 radical (unpaired) electrons. The molecule has 0 saturated carbocycles. The molecule has 21 heavy (non-hydrogen) atoms. The molecule has 1 atom stereocenters. The number of rotatable bonds is 2. The van der Waals surface area contributed by atoms with Gasteiger partial charge in [0, 0.05) is 18.7 Å². The molecule has 1 aromatic rings. The third kappa shape index (κ3) is 4.21. The molecule has 1 saturated heterocycles. The first-order valence-electron chi connectivity index (χ1n) is 7.11. The van der Waals surface area contributed by atoms with Crippen LogP contribution >= 0.6 is 0 Å². The second-order valence-electron chi connectivity index (χ2n) is 6.39. The topological polar surface area (TPSA) is 58.6 Å². The van der Waals surface area contributed by atoms with Crippen molar-refractivity contribution >= 4 is 17.7 Å². The van der Waals surface area contributed by atoms with Crippen LogP contribution in [0.25, 0.3) is 0 Å². The van der Waals surface area contributed by atoms with Gasteiger partial charge in [-0.1, -0.05) is 17.7 Å². The number of nitrogens with one attached hydrogen (secondary N) is 1. The smallest absolute Gasteiger partial charge is 0.407 e. The SMILES string of the molecule is Cc1ccc(N2CC(NC(=O)OC(C)(C)C)CC2=O)cc1. The summed E-state index contributed by atoms with van der Waals surface area (Å²) in [6.45, 7) is 7.91. The molecule has 114 valence electrons. The van der Waals surface area contributed by atoms with Crippen LogP contribution in [0, 0.1) is 6.92 Å². The number of hydrogen-bond donors (Lipinski definition) is 1. The summed E-state index contributed by atoms with van der Waals surface area (Å²) in [5.74, 6) is 0.0138. The van der Waals surface area contributed by atoms with E-state index in [4.69, 9.17) is 4.74 Å². The van der Waals surface area contributed by atoms with Crippen LogP contribution in [0.1, 0.15) is 32.8 Å². The molecule has 1 aliphatic rings. The van der Waals surface area contributed by atoms with E-state index in [0.717, 1.165) is 11.3 Å². The summed E-state index contributed by atoms with van der Waals surface area (Å²) in [5, 5.41) is 2.75. The van der Waals surface area contributed by atoms with Crippen molar-refractivity contribution in [3.63, 3.8) is 0 Å². The lowest BCUT2D eigenvalue weighted by Crippen LogP contribution is -2.40. The minimum absolute atomic E-state index is 0.0138. The zero-order valence-corrected chi connectivity index (χ0v) is 13.0. The first-order chi connectivity index (χ1) is 9.74. The van der Waals surface area contributed by atoms with E-state index >= 15 is 0 Å². The van der Waals surface area contributed by atoms with Gasteiger partial charge in [0.2, 0.25) is 5.91 Å². The lowest BCUT2D eigenvalue weighted by molar-refractivity contribution is -0.117. The van der Waals surface area contributed by atoms with Gasteiger partial charge in [-0.2, -0.15) is 0 Å². The van der Waals surface area contributed by atoms with E-state index in [1.54, 1.807) is 4.90 Å². The van der Waals surface area contributed by atoms with E-state index in [1.807, 2.05) is 52.0 Å². The van der Waals surface area contributed by atoms with Crippen LogP contribution in [0.3, 0.4) is 0 Å². The molecular formula is C16H22N2O3. The molecular weight excluding hydrogens is 268 g/mol. The molecule has 2 rings (SSSR count). The van der Waals surface area contributed by atoms with E-state index in [0.29, 0.717) is 13.0 Å². The number of carbonyl (C=O) groups is 2. The molecule has 1 N–H and O–H groups in total. The number of alkyl carbamates (subject to hydrolysis) is 1. The summed E-state index contributed by atoms with van der Waals surface area (Å²) in [4.78, 5) is 25.5. The Morgan fingerprint density at radius 2 is 1.90 bits per heavy atom. The Morgan fingerprint density at radius 3 is 2.48 bits per heavy atom. The number of amides is 2.